The van der Waals surface area contributed by atoms with Crippen LogP contribution in [0.15, 0.2) is 0 Å². The molecule has 28 heavy (non-hydrogen) atoms. The van der Waals surface area contributed by atoms with E-state index in [9.17, 15) is 0 Å². The molecule has 0 heterocycles. The Morgan fingerprint density at radius 3 is 0.893 bits per heavy atom. The van der Waals surface area contributed by atoms with E-state index in [1.54, 1.807) is 0 Å². The van der Waals surface area contributed by atoms with E-state index in [1.165, 1.54) is 103 Å². The second kappa shape index (κ2) is 21.0. The zero-order valence-electron chi connectivity index (χ0n) is 20.0. The molecular weight excluding hydrogens is 342 g/mol. The zero-order chi connectivity index (χ0) is 20.9. The summed E-state index contributed by atoms with van der Waals surface area (Å²) in [6.45, 7) is 13.4. The second-order valence-corrected chi connectivity index (χ2v) is 8.54. The minimum Gasteiger partial charge on any atom is -0.343 e. The highest BCUT2D eigenvalue weighted by molar-refractivity contribution is 5.76. The molecule has 0 rings (SSSR count). The van der Waals surface area contributed by atoms with Gasteiger partial charge in [0.1, 0.15) is 0 Å². The van der Waals surface area contributed by atoms with Crippen LogP contribution in [0.4, 0.5) is 0 Å². The molecule has 0 radical (unpaired) electrons. The lowest BCUT2D eigenvalue weighted by molar-refractivity contribution is 0.292. The second-order valence-electron chi connectivity index (χ2n) is 8.54. The summed E-state index contributed by atoms with van der Waals surface area (Å²) in [5.74, 6) is 0.820. The summed E-state index contributed by atoms with van der Waals surface area (Å²) in [6.07, 6.45) is 20.6. The number of guanidine groups is 1. The smallest absolute Gasteiger partial charge is 0.193 e. The van der Waals surface area contributed by atoms with Gasteiger partial charge in [-0.05, 0) is 25.7 Å². The molecule has 0 aromatic carbocycles. The van der Waals surface area contributed by atoms with Crippen molar-refractivity contribution in [3.8, 4) is 0 Å². The molecule has 1 N–H and O–H groups in total. The molecule has 0 aromatic heterocycles. The van der Waals surface area contributed by atoms with Crippen molar-refractivity contribution in [3.05, 3.63) is 0 Å². The van der Waals surface area contributed by atoms with Crippen LogP contribution in [0.1, 0.15) is 130 Å². The molecule has 0 bridgehead atoms. The van der Waals surface area contributed by atoms with Crippen LogP contribution >= 0.6 is 0 Å². The average molecular weight is 396 g/mol. The van der Waals surface area contributed by atoms with Crippen molar-refractivity contribution in [2.75, 3.05) is 26.2 Å². The number of hydrogen-bond acceptors (Lipinski definition) is 1. The molecule has 0 aromatic rings. The average Bonchev–Trinajstić information content (AvgIpc) is 2.71. The van der Waals surface area contributed by atoms with Gasteiger partial charge in [0.05, 0.1) is 0 Å². The number of hydrogen-bond donors (Lipinski definition) is 1. The fourth-order valence-electron chi connectivity index (χ4n) is 3.76. The van der Waals surface area contributed by atoms with Crippen LogP contribution in [0.3, 0.4) is 0 Å². The van der Waals surface area contributed by atoms with E-state index < -0.39 is 0 Å². The lowest BCUT2D eigenvalue weighted by atomic mass is 10.1. The third-order valence-electron chi connectivity index (χ3n) is 5.73. The Morgan fingerprint density at radius 1 is 0.429 bits per heavy atom. The molecule has 0 fully saturated rings. The number of nitrogens with one attached hydrogen (secondary N) is 1. The van der Waals surface area contributed by atoms with E-state index in [4.69, 9.17) is 5.41 Å². The summed E-state index contributed by atoms with van der Waals surface area (Å²) >= 11 is 0. The standard InChI is InChI=1S/C25H53N3/c1-5-9-13-17-21-27(22-18-14-10-6-2)25(26)28(23-19-15-11-7-3)24-20-16-12-8-4/h26H,5-24H2,1-4H3. The first-order valence-corrected chi connectivity index (χ1v) is 12.8. The highest BCUT2D eigenvalue weighted by atomic mass is 15.4. The zero-order valence-corrected chi connectivity index (χ0v) is 20.0. The van der Waals surface area contributed by atoms with Crippen molar-refractivity contribution >= 4 is 5.96 Å². The first kappa shape index (κ1) is 27.3. The van der Waals surface area contributed by atoms with Gasteiger partial charge in [0.2, 0.25) is 0 Å². The van der Waals surface area contributed by atoms with Gasteiger partial charge < -0.3 is 9.80 Å². The monoisotopic (exact) mass is 395 g/mol. The first-order chi connectivity index (χ1) is 13.7. The number of rotatable bonds is 20. The molecule has 0 aliphatic heterocycles. The van der Waals surface area contributed by atoms with Crippen molar-refractivity contribution < 1.29 is 0 Å². The van der Waals surface area contributed by atoms with Crippen LogP contribution in [-0.4, -0.2) is 41.9 Å². The van der Waals surface area contributed by atoms with E-state index >= 15 is 0 Å². The molecule has 0 atom stereocenters. The van der Waals surface area contributed by atoms with Gasteiger partial charge in [0.15, 0.2) is 5.96 Å². The highest BCUT2D eigenvalue weighted by Gasteiger charge is 2.16. The van der Waals surface area contributed by atoms with Crippen molar-refractivity contribution in [1.29, 1.82) is 5.41 Å². The fourth-order valence-corrected chi connectivity index (χ4v) is 3.76. The van der Waals surface area contributed by atoms with Crippen LogP contribution in [0, 0.1) is 5.41 Å². The Bertz CT molecular complexity index is 276. The number of unbranched alkanes of at least 4 members (excludes halogenated alkanes) is 12. The first-order valence-electron chi connectivity index (χ1n) is 12.8. The van der Waals surface area contributed by atoms with Crippen LogP contribution in [-0.2, 0) is 0 Å². The summed E-state index contributed by atoms with van der Waals surface area (Å²) < 4.78 is 0. The molecule has 0 aliphatic rings. The SMILES string of the molecule is CCCCCCN(CCCCCC)C(=N)N(CCCCCC)CCCCCC. The lowest BCUT2D eigenvalue weighted by Gasteiger charge is -2.34. The van der Waals surface area contributed by atoms with Gasteiger partial charge in [0, 0.05) is 26.2 Å². The predicted octanol–water partition coefficient (Wildman–Crippen LogP) is 7.85. The molecule has 3 nitrogen and oxygen atoms in total. The van der Waals surface area contributed by atoms with E-state index in [2.05, 4.69) is 37.5 Å². The lowest BCUT2D eigenvalue weighted by Crippen LogP contribution is -2.45. The van der Waals surface area contributed by atoms with Crippen molar-refractivity contribution in [1.82, 2.24) is 9.80 Å². The molecule has 168 valence electrons. The molecule has 0 unspecified atom stereocenters. The maximum Gasteiger partial charge on any atom is 0.193 e. The van der Waals surface area contributed by atoms with Crippen molar-refractivity contribution in [2.24, 2.45) is 0 Å². The molecular formula is C25H53N3. The minimum absolute atomic E-state index is 0.820. The Labute approximate surface area is 178 Å². The maximum absolute atomic E-state index is 8.98. The summed E-state index contributed by atoms with van der Waals surface area (Å²) in [4.78, 5) is 4.82. The van der Waals surface area contributed by atoms with Crippen LogP contribution in [0.2, 0.25) is 0 Å². The van der Waals surface area contributed by atoms with Crippen LogP contribution in [0.5, 0.6) is 0 Å². The Morgan fingerprint density at radius 2 is 0.679 bits per heavy atom. The van der Waals surface area contributed by atoms with Gasteiger partial charge in [-0.25, -0.2) is 0 Å². The van der Waals surface area contributed by atoms with Crippen LogP contribution in [0.25, 0.3) is 0 Å². The van der Waals surface area contributed by atoms with E-state index in [1.807, 2.05) is 0 Å². The molecule has 0 amide bonds. The highest BCUT2D eigenvalue weighted by Crippen LogP contribution is 2.11. The van der Waals surface area contributed by atoms with E-state index in [0.29, 0.717) is 0 Å². The summed E-state index contributed by atoms with van der Waals surface area (Å²) in [6, 6.07) is 0. The van der Waals surface area contributed by atoms with Gasteiger partial charge in [-0.3, -0.25) is 5.41 Å². The molecule has 0 spiro atoms. The Hall–Kier alpha value is -0.730. The van der Waals surface area contributed by atoms with Crippen LogP contribution < -0.4 is 0 Å². The quantitative estimate of drug-likeness (QED) is 0.129. The van der Waals surface area contributed by atoms with Gasteiger partial charge in [-0.2, -0.15) is 0 Å². The molecule has 0 saturated carbocycles. The maximum atomic E-state index is 8.98. The minimum atomic E-state index is 0.820. The predicted molar refractivity (Wildman–Crippen MR) is 127 cm³/mol. The third-order valence-corrected chi connectivity index (χ3v) is 5.73. The summed E-state index contributed by atoms with van der Waals surface area (Å²) in [5, 5.41) is 8.98. The fraction of sp³-hybridized carbons (Fsp3) is 0.960. The van der Waals surface area contributed by atoms with Crippen molar-refractivity contribution in [2.45, 2.75) is 130 Å². The van der Waals surface area contributed by atoms with Crippen molar-refractivity contribution in [3.63, 3.8) is 0 Å². The number of nitrogens with zero attached hydrogens (tertiary/aromatic N) is 2. The Balaban J connectivity index is 4.72. The normalized spacial score (nSPS) is 11.0. The summed E-state index contributed by atoms with van der Waals surface area (Å²) in [7, 11) is 0. The van der Waals surface area contributed by atoms with Gasteiger partial charge in [0.25, 0.3) is 0 Å². The third kappa shape index (κ3) is 15.2. The van der Waals surface area contributed by atoms with Gasteiger partial charge in [-0.1, -0.05) is 105 Å². The van der Waals surface area contributed by atoms with Gasteiger partial charge in [-0.15, -0.1) is 0 Å². The Kier molecular flexibility index (Phi) is 20.4. The van der Waals surface area contributed by atoms with E-state index in [0.717, 1.165) is 32.1 Å². The molecule has 3 heteroatoms. The summed E-state index contributed by atoms with van der Waals surface area (Å²) in [5.41, 5.74) is 0. The van der Waals surface area contributed by atoms with Gasteiger partial charge >= 0.3 is 0 Å². The molecule has 0 saturated heterocycles. The topological polar surface area (TPSA) is 30.3 Å². The molecule has 0 aliphatic carbocycles. The largest absolute Gasteiger partial charge is 0.343 e. The van der Waals surface area contributed by atoms with E-state index in [-0.39, 0.29) is 0 Å².